The molecule has 0 saturated carbocycles. The SMILES string of the molecule is CC/C=C\C/C=C\C/C=C\C/C=C\C/C=C\C/C=C\C/C=C\C/C=C\C/C=C\CCCCCCCCCC(=O)OCC(COP(=O)(O)OCCN)OC(=O)CCCCCCCCC/C=C\C/C=C\C/C=C\C/C=C\C/C=C\C/C=C\C/C=C\C/C=C\C/C=C\CC. The third kappa shape index (κ3) is 73.3. The van der Waals surface area contributed by atoms with Crippen molar-refractivity contribution in [3.8, 4) is 0 Å². The first kappa shape index (κ1) is 85.3. The number of phosphoric ester groups is 1. The Morgan fingerprint density at radius 1 is 0.330 bits per heavy atom. The second-order valence-electron chi connectivity index (χ2n) is 22.3. The lowest BCUT2D eigenvalue weighted by Gasteiger charge is -2.19. The molecule has 3 N–H and O–H groups in total. The van der Waals surface area contributed by atoms with E-state index in [1.807, 2.05) is 0 Å². The highest BCUT2D eigenvalue weighted by Gasteiger charge is 2.26. The van der Waals surface area contributed by atoms with Crippen molar-refractivity contribution in [2.24, 2.45) is 5.73 Å². The number of rotatable bonds is 63. The number of hydrogen-bond donors (Lipinski definition) is 2. The molecule has 0 aromatic heterocycles. The van der Waals surface area contributed by atoms with Gasteiger partial charge in [-0.1, -0.05) is 297 Å². The summed E-state index contributed by atoms with van der Waals surface area (Å²) in [5.74, 6) is -0.870. The van der Waals surface area contributed by atoms with Crippen LogP contribution in [0, 0.1) is 0 Å². The van der Waals surface area contributed by atoms with Gasteiger partial charge < -0.3 is 20.1 Å². The first-order valence-electron chi connectivity index (χ1n) is 35.2. The maximum Gasteiger partial charge on any atom is 0.472 e. The molecule has 0 saturated heterocycles. The Morgan fingerprint density at radius 3 is 0.846 bits per heavy atom. The minimum atomic E-state index is -4.42. The van der Waals surface area contributed by atoms with E-state index in [4.69, 9.17) is 24.3 Å². The number of carbonyl (C=O) groups is 2. The van der Waals surface area contributed by atoms with Gasteiger partial charge in [0.1, 0.15) is 6.61 Å². The van der Waals surface area contributed by atoms with E-state index in [1.165, 1.54) is 32.1 Å². The predicted octanol–water partition coefficient (Wildman–Crippen LogP) is 23.6. The van der Waals surface area contributed by atoms with Gasteiger partial charge in [-0.05, 0) is 154 Å². The standard InChI is InChI=1S/C81H126NO8P/c1-3-5-7-9-11-13-15-17-19-21-23-25-27-29-31-33-35-37-39-41-43-45-47-49-51-53-55-57-59-61-63-65-67-69-71-73-80(83)87-77-79(78-89-91(85,86)88-76-75-82)90-81(84)74-72-70-68-66-64-62-60-58-56-54-52-50-48-46-44-42-40-38-36-34-32-30-28-26-24-22-20-18-16-14-12-10-8-6-4-2/h5-8,11-14,17-20,23-26,29-32,35-38,41-44,47-50,53-56,79H,3-4,9-10,15-16,21-22,27-28,33-34,39-40,45-46,51-52,57-78,82H2,1-2H3,(H,85,86)/b7-5-,8-6-,13-11-,14-12-,19-17-,20-18-,25-23-,26-24-,31-29-,32-30-,37-35-,38-36-,43-41-,44-42-,49-47-,50-48-,55-53-,56-54-. The maximum atomic E-state index is 12.8. The molecule has 2 unspecified atom stereocenters. The first-order chi connectivity index (χ1) is 44.8. The van der Waals surface area contributed by atoms with Crippen molar-refractivity contribution in [1.82, 2.24) is 0 Å². The monoisotopic (exact) mass is 1270 g/mol. The Labute approximate surface area is 556 Å². The molecule has 508 valence electrons. The Kier molecular flexibility index (Phi) is 68.8. The number of unbranched alkanes of at least 4 members (excludes halogenated alkanes) is 14. The highest BCUT2D eigenvalue weighted by Crippen LogP contribution is 2.43. The van der Waals surface area contributed by atoms with Crippen LogP contribution >= 0.6 is 7.82 Å². The van der Waals surface area contributed by atoms with Crippen molar-refractivity contribution in [1.29, 1.82) is 0 Å². The van der Waals surface area contributed by atoms with Crippen LogP contribution in [0.5, 0.6) is 0 Å². The lowest BCUT2D eigenvalue weighted by atomic mass is 10.1. The van der Waals surface area contributed by atoms with Crippen LogP contribution in [0.25, 0.3) is 0 Å². The van der Waals surface area contributed by atoms with Crippen LogP contribution in [-0.4, -0.2) is 49.3 Å². The van der Waals surface area contributed by atoms with Gasteiger partial charge in [-0.3, -0.25) is 18.6 Å². The quantitative estimate of drug-likeness (QED) is 0.0264. The molecule has 0 aromatic rings. The Balaban J connectivity index is 4.05. The van der Waals surface area contributed by atoms with E-state index in [9.17, 15) is 19.0 Å². The lowest BCUT2D eigenvalue weighted by Crippen LogP contribution is -2.29. The zero-order valence-corrected chi connectivity index (χ0v) is 57.9. The minimum absolute atomic E-state index is 0.0376. The molecule has 0 fully saturated rings. The Morgan fingerprint density at radius 2 is 0.571 bits per heavy atom. The average molecular weight is 1270 g/mol. The zero-order valence-electron chi connectivity index (χ0n) is 57.0. The molecule has 0 bridgehead atoms. The van der Waals surface area contributed by atoms with E-state index >= 15 is 0 Å². The highest BCUT2D eigenvalue weighted by atomic mass is 31.2. The van der Waals surface area contributed by atoms with Gasteiger partial charge in [0, 0.05) is 19.4 Å². The summed E-state index contributed by atoms with van der Waals surface area (Å²) in [4.78, 5) is 35.4. The van der Waals surface area contributed by atoms with Crippen molar-refractivity contribution in [2.75, 3.05) is 26.4 Å². The van der Waals surface area contributed by atoms with Crippen LogP contribution in [0.4, 0.5) is 0 Å². The van der Waals surface area contributed by atoms with Crippen molar-refractivity contribution < 1.29 is 37.6 Å². The van der Waals surface area contributed by atoms with Crippen LogP contribution in [0.15, 0.2) is 219 Å². The number of esters is 2. The highest BCUT2D eigenvalue weighted by molar-refractivity contribution is 7.47. The van der Waals surface area contributed by atoms with E-state index in [0.29, 0.717) is 12.8 Å². The molecule has 0 spiro atoms. The normalized spacial score (nSPS) is 14.3. The Hall–Kier alpha value is -5.67. The average Bonchev–Trinajstić information content (AvgIpc) is 3.74. The van der Waals surface area contributed by atoms with Crippen LogP contribution in [0.1, 0.15) is 245 Å². The summed E-state index contributed by atoms with van der Waals surface area (Å²) in [5, 5.41) is 0. The van der Waals surface area contributed by atoms with E-state index in [2.05, 4.69) is 233 Å². The van der Waals surface area contributed by atoms with Crippen LogP contribution in [-0.2, 0) is 32.7 Å². The van der Waals surface area contributed by atoms with Crippen molar-refractivity contribution in [3.05, 3.63) is 219 Å². The van der Waals surface area contributed by atoms with Gasteiger partial charge in [-0.25, -0.2) is 4.57 Å². The predicted molar refractivity (Wildman–Crippen MR) is 394 cm³/mol. The number of ether oxygens (including phenoxy) is 2. The smallest absolute Gasteiger partial charge is 0.462 e. The van der Waals surface area contributed by atoms with Gasteiger partial charge in [0.05, 0.1) is 13.2 Å². The molecule has 0 rings (SSSR count). The summed E-state index contributed by atoms with van der Waals surface area (Å²) in [6, 6.07) is 0. The molecule has 9 nitrogen and oxygen atoms in total. The van der Waals surface area contributed by atoms with E-state index in [1.54, 1.807) is 0 Å². The third-order valence-electron chi connectivity index (χ3n) is 13.9. The van der Waals surface area contributed by atoms with Gasteiger partial charge in [0.15, 0.2) is 6.10 Å². The number of hydrogen-bond acceptors (Lipinski definition) is 8. The molecule has 10 heteroatoms. The second-order valence-corrected chi connectivity index (χ2v) is 23.7. The zero-order chi connectivity index (χ0) is 65.8. The maximum absolute atomic E-state index is 12.8. The van der Waals surface area contributed by atoms with E-state index in [0.717, 1.165) is 173 Å². The fourth-order valence-corrected chi connectivity index (χ4v) is 9.50. The van der Waals surface area contributed by atoms with Crippen molar-refractivity contribution in [2.45, 2.75) is 251 Å². The van der Waals surface area contributed by atoms with Crippen molar-refractivity contribution in [3.63, 3.8) is 0 Å². The van der Waals surface area contributed by atoms with Crippen LogP contribution < -0.4 is 5.73 Å². The molecule has 0 aliphatic heterocycles. The topological polar surface area (TPSA) is 134 Å². The summed E-state index contributed by atoms with van der Waals surface area (Å²) in [7, 11) is -4.42. The molecular formula is C81H126NO8P. The molecule has 0 aromatic carbocycles. The van der Waals surface area contributed by atoms with E-state index < -0.39 is 32.5 Å². The summed E-state index contributed by atoms with van der Waals surface area (Å²) < 4.78 is 33.2. The molecule has 0 heterocycles. The largest absolute Gasteiger partial charge is 0.472 e. The summed E-state index contributed by atoms with van der Waals surface area (Å²) in [6.45, 7) is 3.46. The van der Waals surface area contributed by atoms with Gasteiger partial charge in [-0.15, -0.1) is 0 Å². The molecular weight excluding hydrogens is 1150 g/mol. The van der Waals surface area contributed by atoms with Crippen molar-refractivity contribution >= 4 is 19.8 Å². The fourth-order valence-electron chi connectivity index (χ4n) is 8.74. The molecule has 0 aliphatic carbocycles. The summed E-state index contributed by atoms with van der Waals surface area (Å²) in [5.41, 5.74) is 5.40. The van der Waals surface area contributed by atoms with Crippen LogP contribution in [0.3, 0.4) is 0 Å². The minimum Gasteiger partial charge on any atom is -0.462 e. The number of allylic oxidation sites excluding steroid dienone is 36. The van der Waals surface area contributed by atoms with Gasteiger partial charge in [0.25, 0.3) is 0 Å². The number of phosphoric acid groups is 1. The summed E-state index contributed by atoms with van der Waals surface area (Å²) in [6.07, 6.45) is 114. The molecule has 0 radical (unpaired) electrons. The molecule has 0 amide bonds. The first-order valence-corrected chi connectivity index (χ1v) is 36.7. The van der Waals surface area contributed by atoms with E-state index in [-0.39, 0.29) is 32.6 Å². The third-order valence-corrected chi connectivity index (χ3v) is 14.8. The second kappa shape index (κ2) is 73.4. The number of nitrogens with two attached hydrogens (primary N) is 1. The van der Waals surface area contributed by atoms with Crippen LogP contribution in [0.2, 0.25) is 0 Å². The lowest BCUT2D eigenvalue weighted by molar-refractivity contribution is -0.161. The van der Waals surface area contributed by atoms with Gasteiger partial charge >= 0.3 is 19.8 Å². The van der Waals surface area contributed by atoms with Gasteiger partial charge in [-0.2, -0.15) is 0 Å². The van der Waals surface area contributed by atoms with Gasteiger partial charge in [0.2, 0.25) is 0 Å². The molecule has 2 atom stereocenters. The molecule has 91 heavy (non-hydrogen) atoms. The summed E-state index contributed by atoms with van der Waals surface area (Å²) >= 11 is 0. The Bertz CT molecular complexity index is 2290. The number of carbonyl (C=O) groups excluding carboxylic acids is 2. The molecule has 0 aliphatic rings. The fraction of sp³-hybridized carbons (Fsp3) is 0.531.